The largest absolute Gasteiger partial charge is 0.389 e. The van der Waals surface area contributed by atoms with Crippen LogP contribution < -0.4 is 11.1 Å². The van der Waals surface area contributed by atoms with Crippen LogP contribution in [0.1, 0.15) is 50.4 Å². The number of benzene rings is 3. The monoisotopic (exact) mass is 472 g/mol. The Hall–Kier alpha value is -3.75. The SMILES string of the molecule is CC(O)c1cccc(NC(=O)c2ccc3c(c2)CN(C(=O)c2ccc4nc(N)sc4c2)CC3)c1. The molecule has 0 spiro atoms. The number of rotatable bonds is 4. The minimum atomic E-state index is -0.613. The number of nitrogens with zero attached hydrogens (tertiary/aromatic N) is 2. The second-order valence-corrected chi connectivity index (χ2v) is 9.51. The summed E-state index contributed by atoms with van der Waals surface area (Å²) >= 11 is 1.36. The number of nitrogen functional groups attached to an aromatic ring is 1. The standard InChI is InChI=1S/C26H24N4O3S/c1-15(31)17-3-2-4-21(12-17)28-24(32)18-6-5-16-9-10-30(14-20(16)11-18)25(33)19-7-8-22-23(13-19)34-26(27)29-22/h2-8,11-13,15,31H,9-10,14H2,1H3,(H2,27,29)(H,28,32). The summed E-state index contributed by atoms with van der Waals surface area (Å²) in [6, 6.07) is 18.2. The molecule has 0 bridgehead atoms. The van der Waals surface area contributed by atoms with Crippen LogP contribution >= 0.6 is 11.3 Å². The van der Waals surface area contributed by atoms with Crippen LogP contribution in [-0.2, 0) is 13.0 Å². The highest BCUT2D eigenvalue weighted by Gasteiger charge is 2.23. The fraction of sp³-hybridized carbons (Fsp3) is 0.192. The van der Waals surface area contributed by atoms with E-state index in [4.69, 9.17) is 5.73 Å². The molecule has 1 aliphatic rings. The number of anilines is 2. The number of amides is 2. The fourth-order valence-electron chi connectivity index (χ4n) is 4.21. The highest BCUT2D eigenvalue weighted by Crippen LogP contribution is 2.27. The summed E-state index contributed by atoms with van der Waals surface area (Å²) in [5.41, 5.74) is 11.2. The van der Waals surface area contributed by atoms with Crippen molar-refractivity contribution in [3.8, 4) is 0 Å². The molecule has 3 aromatic carbocycles. The van der Waals surface area contributed by atoms with Crippen molar-refractivity contribution < 1.29 is 14.7 Å². The predicted octanol–water partition coefficient (Wildman–Crippen LogP) is 4.38. The summed E-state index contributed by atoms with van der Waals surface area (Å²) in [7, 11) is 0. The maximum absolute atomic E-state index is 13.2. The molecule has 1 unspecified atom stereocenters. The van der Waals surface area contributed by atoms with Crippen molar-refractivity contribution in [1.29, 1.82) is 0 Å². The van der Waals surface area contributed by atoms with E-state index in [0.29, 0.717) is 35.0 Å². The van der Waals surface area contributed by atoms with E-state index >= 15 is 0 Å². The van der Waals surface area contributed by atoms with Crippen LogP contribution in [0.3, 0.4) is 0 Å². The van der Waals surface area contributed by atoms with Crippen molar-refractivity contribution in [3.63, 3.8) is 0 Å². The zero-order valence-electron chi connectivity index (χ0n) is 18.6. The molecule has 0 fully saturated rings. The smallest absolute Gasteiger partial charge is 0.255 e. The summed E-state index contributed by atoms with van der Waals surface area (Å²) < 4.78 is 0.888. The molecule has 0 saturated heterocycles. The van der Waals surface area contributed by atoms with Gasteiger partial charge in [-0.15, -0.1) is 0 Å². The van der Waals surface area contributed by atoms with E-state index in [-0.39, 0.29) is 11.8 Å². The van der Waals surface area contributed by atoms with Gasteiger partial charge in [0.1, 0.15) is 0 Å². The Bertz CT molecular complexity index is 1410. The zero-order chi connectivity index (χ0) is 23.8. The summed E-state index contributed by atoms with van der Waals surface area (Å²) in [6.07, 6.45) is 0.119. The molecule has 0 aliphatic carbocycles. The average Bonchev–Trinajstić information content (AvgIpc) is 3.22. The number of fused-ring (bicyclic) bond motifs is 2. The zero-order valence-corrected chi connectivity index (χ0v) is 19.4. The first-order chi connectivity index (χ1) is 16.4. The maximum Gasteiger partial charge on any atom is 0.255 e. The number of aliphatic hydroxyl groups excluding tert-OH is 1. The molecule has 4 N–H and O–H groups in total. The number of aromatic nitrogens is 1. The van der Waals surface area contributed by atoms with Gasteiger partial charge in [-0.05, 0) is 72.5 Å². The Morgan fingerprint density at radius 1 is 1.09 bits per heavy atom. The van der Waals surface area contributed by atoms with Crippen molar-refractivity contribution in [2.45, 2.75) is 26.0 Å². The van der Waals surface area contributed by atoms with Crippen LogP contribution in [0.4, 0.5) is 10.8 Å². The van der Waals surface area contributed by atoms with Gasteiger partial charge in [-0.1, -0.05) is 29.5 Å². The van der Waals surface area contributed by atoms with E-state index in [9.17, 15) is 14.7 Å². The molecule has 5 rings (SSSR count). The van der Waals surface area contributed by atoms with Crippen molar-refractivity contribution in [2.24, 2.45) is 0 Å². The van der Waals surface area contributed by atoms with Crippen LogP contribution in [0.5, 0.6) is 0 Å². The summed E-state index contributed by atoms with van der Waals surface area (Å²) in [5.74, 6) is -0.286. The van der Waals surface area contributed by atoms with Gasteiger partial charge in [0.05, 0.1) is 16.3 Å². The van der Waals surface area contributed by atoms with Crippen LogP contribution in [0.15, 0.2) is 60.7 Å². The van der Waals surface area contributed by atoms with Crippen LogP contribution in [0.25, 0.3) is 10.2 Å². The van der Waals surface area contributed by atoms with Gasteiger partial charge in [0.2, 0.25) is 0 Å². The molecular weight excluding hydrogens is 448 g/mol. The lowest BCUT2D eigenvalue weighted by Gasteiger charge is -2.29. The number of carbonyl (C=O) groups is 2. The molecule has 34 heavy (non-hydrogen) atoms. The molecule has 8 heteroatoms. The molecule has 172 valence electrons. The third-order valence-electron chi connectivity index (χ3n) is 6.05. The first-order valence-corrected chi connectivity index (χ1v) is 11.9. The minimum Gasteiger partial charge on any atom is -0.389 e. The number of nitrogens with two attached hydrogens (primary N) is 1. The Kier molecular flexibility index (Phi) is 5.77. The molecule has 2 amide bonds. The molecular formula is C26H24N4O3S. The minimum absolute atomic E-state index is 0.0516. The number of hydrogen-bond acceptors (Lipinski definition) is 6. The van der Waals surface area contributed by atoms with Gasteiger partial charge in [0, 0.05) is 29.9 Å². The Morgan fingerprint density at radius 2 is 1.91 bits per heavy atom. The van der Waals surface area contributed by atoms with Gasteiger partial charge in [-0.2, -0.15) is 0 Å². The lowest BCUT2D eigenvalue weighted by molar-refractivity contribution is 0.0735. The lowest BCUT2D eigenvalue weighted by Crippen LogP contribution is -2.36. The van der Waals surface area contributed by atoms with E-state index < -0.39 is 6.10 Å². The second kappa shape index (κ2) is 8.89. The van der Waals surface area contributed by atoms with Gasteiger partial charge in [0.25, 0.3) is 11.8 Å². The number of hydrogen-bond donors (Lipinski definition) is 3. The van der Waals surface area contributed by atoms with Gasteiger partial charge in [-0.25, -0.2) is 4.98 Å². The van der Waals surface area contributed by atoms with Crippen molar-refractivity contribution in [2.75, 3.05) is 17.6 Å². The fourth-order valence-corrected chi connectivity index (χ4v) is 4.98. The molecule has 4 aromatic rings. The molecule has 0 radical (unpaired) electrons. The number of aliphatic hydroxyl groups is 1. The van der Waals surface area contributed by atoms with Crippen molar-refractivity contribution in [3.05, 3.63) is 88.5 Å². The highest BCUT2D eigenvalue weighted by molar-refractivity contribution is 7.22. The van der Waals surface area contributed by atoms with Crippen LogP contribution in [-0.4, -0.2) is 33.3 Å². The molecule has 2 heterocycles. The van der Waals surface area contributed by atoms with Crippen molar-refractivity contribution >= 4 is 44.2 Å². The molecule has 7 nitrogen and oxygen atoms in total. The Morgan fingerprint density at radius 3 is 2.74 bits per heavy atom. The summed E-state index contributed by atoms with van der Waals surface area (Å²) in [6.45, 7) is 2.74. The first-order valence-electron chi connectivity index (χ1n) is 11.0. The van der Waals surface area contributed by atoms with E-state index in [1.54, 1.807) is 31.2 Å². The lowest BCUT2D eigenvalue weighted by atomic mass is 9.96. The number of thiazole rings is 1. The Balaban J connectivity index is 1.33. The van der Waals surface area contributed by atoms with Gasteiger partial charge < -0.3 is 21.1 Å². The van der Waals surface area contributed by atoms with Gasteiger partial charge in [-0.3, -0.25) is 9.59 Å². The maximum atomic E-state index is 13.2. The van der Waals surface area contributed by atoms with Crippen molar-refractivity contribution in [1.82, 2.24) is 9.88 Å². The van der Waals surface area contributed by atoms with Crippen LogP contribution in [0.2, 0.25) is 0 Å². The Labute approximate surface area is 200 Å². The normalized spacial score (nSPS) is 14.0. The quantitative estimate of drug-likeness (QED) is 0.408. The highest BCUT2D eigenvalue weighted by atomic mass is 32.1. The molecule has 1 aromatic heterocycles. The number of nitrogens with one attached hydrogen (secondary N) is 1. The van der Waals surface area contributed by atoms with Gasteiger partial charge in [0.15, 0.2) is 5.13 Å². The molecule has 1 aliphatic heterocycles. The third-order valence-corrected chi connectivity index (χ3v) is 6.89. The summed E-state index contributed by atoms with van der Waals surface area (Å²) in [4.78, 5) is 32.1. The van der Waals surface area contributed by atoms with E-state index in [1.165, 1.54) is 11.3 Å². The van der Waals surface area contributed by atoms with E-state index in [2.05, 4.69) is 10.3 Å². The second-order valence-electron chi connectivity index (χ2n) is 8.45. The van der Waals surface area contributed by atoms with Gasteiger partial charge >= 0.3 is 0 Å². The number of carbonyl (C=O) groups excluding carboxylic acids is 2. The third kappa shape index (κ3) is 4.37. The molecule has 0 saturated carbocycles. The topological polar surface area (TPSA) is 109 Å². The predicted molar refractivity (Wildman–Crippen MR) is 134 cm³/mol. The summed E-state index contributed by atoms with van der Waals surface area (Å²) in [5, 5.41) is 13.2. The molecule has 1 atom stereocenters. The van der Waals surface area contributed by atoms with E-state index in [0.717, 1.165) is 33.3 Å². The van der Waals surface area contributed by atoms with Crippen LogP contribution in [0, 0.1) is 0 Å². The van der Waals surface area contributed by atoms with E-state index in [1.807, 2.05) is 41.3 Å². The average molecular weight is 473 g/mol. The first kappa shape index (κ1) is 22.1.